The predicted octanol–water partition coefficient (Wildman–Crippen LogP) is 2.69. The first-order valence-corrected chi connectivity index (χ1v) is 7.01. The monoisotopic (exact) mass is 262 g/mol. The molecule has 0 aliphatic carbocycles. The molecular formula is C13H14N2O2S. The molecule has 0 spiro atoms. The number of ether oxygens (including phenoxy) is 1. The zero-order valence-corrected chi connectivity index (χ0v) is 10.9. The molecule has 1 atom stereocenters. The third-order valence-corrected chi connectivity index (χ3v) is 4.56. The number of carbonyl (C=O) groups is 1. The van der Waals surface area contributed by atoms with Gasteiger partial charge in [-0.3, -0.25) is 0 Å². The number of pyridine rings is 1. The molecule has 0 N–H and O–H groups in total. The highest BCUT2D eigenvalue weighted by Gasteiger charge is 2.20. The second-order valence-electron chi connectivity index (χ2n) is 4.34. The van der Waals surface area contributed by atoms with Gasteiger partial charge < -0.3 is 9.14 Å². The number of methoxy groups -OCH3 is 1. The summed E-state index contributed by atoms with van der Waals surface area (Å²) in [6.45, 7) is 0. The van der Waals surface area contributed by atoms with Crippen LogP contribution < -0.4 is 0 Å². The Morgan fingerprint density at radius 1 is 1.61 bits per heavy atom. The molecule has 1 fully saturated rings. The number of hydrogen-bond acceptors (Lipinski definition) is 4. The molecule has 3 heterocycles. The highest BCUT2D eigenvalue weighted by molar-refractivity contribution is 7.99. The third-order valence-electron chi connectivity index (χ3n) is 3.16. The van der Waals surface area contributed by atoms with Crippen LogP contribution in [0.4, 0.5) is 0 Å². The number of hydrogen-bond donors (Lipinski definition) is 0. The Kier molecular flexibility index (Phi) is 2.99. The van der Waals surface area contributed by atoms with E-state index in [1.807, 2.05) is 22.4 Å². The fourth-order valence-corrected chi connectivity index (χ4v) is 3.45. The van der Waals surface area contributed by atoms with Crippen molar-refractivity contribution in [2.45, 2.75) is 18.1 Å². The number of carbonyl (C=O) groups excluding carboxylic acids is 1. The molecule has 0 aromatic carbocycles. The topological polar surface area (TPSA) is 43.6 Å². The molecule has 4 nitrogen and oxygen atoms in total. The quantitative estimate of drug-likeness (QED) is 0.780. The van der Waals surface area contributed by atoms with Crippen LogP contribution in [-0.4, -0.2) is 28.2 Å². The smallest absolute Gasteiger partial charge is 0.338 e. The van der Waals surface area contributed by atoms with E-state index in [0.717, 1.165) is 11.3 Å². The molecule has 5 heteroatoms. The van der Waals surface area contributed by atoms with Gasteiger partial charge in [-0.15, -0.1) is 0 Å². The summed E-state index contributed by atoms with van der Waals surface area (Å²) in [5.41, 5.74) is 2.46. The minimum absolute atomic E-state index is 0.322. The molecule has 94 valence electrons. The van der Waals surface area contributed by atoms with Gasteiger partial charge in [0.2, 0.25) is 0 Å². The van der Waals surface area contributed by atoms with Crippen molar-refractivity contribution in [3.8, 4) is 0 Å². The van der Waals surface area contributed by atoms with Crippen LogP contribution in [0, 0.1) is 0 Å². The first-order valence-electron chi connectivity index (χ1n) is 5.96. The van der Waals surface area contributed by atoms with Gasteiger partial charge in [-0.1, -0.05) is 0 Å². The van der Waals surface area contributed by atoms with Gasteiger partial charge in [-0.25, -0.2) is 9.78 Å². The highest BCUT2D eigenvalue weighted by Crippen LogP contribution is 2.39. The summed E-state index contributed by atoms with van der Waals surface area (Å²) in [7, 11) is 1.39. The minimum atomic E-state index is -0.322. The third kappa shape index (κ3) is 1.99. The van der Waals surface area contributed by atoms with Crippen LogP contribution in [0.3, 0.4) is 0 Å². The SMILES string of the molecule is COC(=O)c1ccn2cc(C3CCCS3)nc2c1. The molecule has 1 aliphatic heterocycles. The zero-order chi connectivity index (χ0) is 12.5. The van der Waals surface area contributed by atoms with Crippen molar-refractivity contribution < 1.29 is 9.53 Å². The molecule has 1 unspecified atom stereocenters. The van der Waals surface area contributed by atoms with Crippen LogP contribution in [0.2, 0.25) is 0 Å². The van der Waals surface area contributed by atoms with Crippen molar-refractivity contribution in [1.82, 2.24) is 9.38 Å². The number of aromatic nitrogens is 2. The predicted molar refractivity (Wildman–Crippen MR) is 71.0 cm³/mol. The second kappa shape index (κ2) is 4.65. The Balaban J connectivity index is 1.98. The van der Waals surface area contributed by atoms with Crippen LogP contribution in [0.25, 0.3) is 5.65 Å². The van der Waals surface area contributed by atoms with Crippen molar-refractivity contribution in [2.24, 2.45) is 0 Å². The van der Waals surface area contributed by atoms with Crippen LogP contribution >= 0.6 is 11.8 Å². The Labute approximate surface area is 109 Å². The molecule has 2 aromatic rings. The van der Waals surface area contributed by atoms with E-state index in [1.54, 1.807) is 12.1 Å². The summed E-state index contributed by atoms with van der Waals surface area (Å²) in [6.07, 6.45) is 6.37. The average molecular weight is 262 g/mol. The molecule has 0 saturated carbocycles. The summed E-state index contributed by atoms with van der Waals surface area (Å²) < 4.78 is 6.67. The standard InChI is InChI=1S/C13H14N2O2S/c1-17-13(16)9-4-5-15-8-10(14-12(15)7-9)11-3-2-6-18-11/h4-5,7-8,11H,2-3,6H2,1H3. The van der Waals surface area contributed by atoms with Gasteiger partial charge in [-0.05, 0) is 30.7 Å². The number of rotatable bonds is 2. The fourth-order valence-electron chi connectivity index (χ4n) is 2.21. The Hall–Kier alpha value is -1.49. The Bertz CT molecular complexity index is 588. The Morgan fingerprint density at radius 2 is 2.50 bits per heavy atom. The van der Waals surface area contributed by atoms with Crippen molar-refractivity contribution in [3.05, 3.63) is 35.8 Å². The van der Waals surface area contributed by atoms with Gasteiger partial charge in [0.15, 0.2) is 0 Å². The lowest BCUT2D eigenvalue weighted by atomic mass is 10.2. The average Bonchev–Trinajstić information content (AvgIpc) is 3.04. The first-order chi connectivity index (χ1) is 8.78. The molecule has 1 saturated heterocycles. The van der Waals surface area contributed by atoms with Gasteiger partial charge in [0.25, 0.3) is 0 Å². The van der Waals surface area contributed by atoms with Crippen LogP contribution in [0.1, 0.15) is 34.1 Å². The largest absolute Gasteiger partial charge is 0.465 e. The maximum Gasteiger partial charge on any atom is 0.338 e. The van der Waals surface area contributed by atoms with E-state index in [4.69, 9.17) is 4.74 Å². The number of fused-ring (bicyclic) bond motifs is 1. The van der Waals surface area contributed by atoms with Crippen molar-refractivity contribution in [3.63, 3.8) is 0 Å². The molecule has 2 aromatic heterocycles. The fraction of sp³-hybridized carbons (Fsp3) is 0.385. The van der Waals surface area contributed by atoms with Gasteiger partial charge in [0.1, 0.15) is 5.65 Å². The van der Waals surface area contributed by atoms with E-state index in [0.29, 0.717) is 10.8 Å². The lowest BCUT2D eigenvalue weighted by Crippen LogP contribution is -2.01. The van der Waals surface area contributed by atoms with Gasteiger partial charge in [0.05, 0.1) is 18.4 Å². The molecular weight excluding hydrogens is 248 g/mol. The van der Waals surface area contributed by atoms with Crippen molar-refractivity contribution in [1.29, 1.82) is 0 Å². The van der Waals surface area contributed by atoms with E-state index >= 15 is 0 Å². The number of imidazole rings is 1. The summed E-state index contributed by atoms with van der Waals surface area (Å²) in [6, 6.07) is 3.53. The number of thioether (sulfide) groups is 1. The van der Waals surface area contributed by atoms with E-state index in [1.165, 1.54) is 25.7 Å². The van der Waals surface area contributed by atoms with E-state index in [2.05, 4.69) is 11.2 Å². The molecule has 3 rings (SSSR count). The van der Waals surface area contributed by atoms with Crippen molar-refractivity contribution in [2.75, 3.05) is 12.9 Å². The highest BCUT2D eigenvalue weighted by atomic mass is 32.2. The molecule has 0 amide bonds. The summed E-state index contributed by atoms with van der Waals surface area (Å²) in [5, 5.41) is 0.506. The summed E-state index contributed by atoms with van der Waals surface area (Å²) >= 11 is 1.96. The zero-order valence-electron chi connectivity index (χ0n) is 10.1. The number of nitrogens with zero attached hydrogens (tertiary/aromatic N) is 2. The first kappa shape index (κ1) is 11.6. The van der Waals surface area contributed by atoms with E-state index in [-0.39, 0.29) is 5.97 Å². The lowest BCUT2D eigenvalue weighted by molar-refractivity contribution is 0.0600. The summed E-state index contributed by atoms with van der Waals surface area (Å²) in [4.78, 5) is 16.1. The number of esters is 1. The van der Waals surface area contributed by atoms with E-state index in [9.17, 15) is 4.79 Å². The molecule has 0 radical (unpaired) electrons. The van der Waals surface area contributed by atoms with Crippen LogP contribution in [0.5, 0.6) is 0 Å². The van der Waals surface area contributed by atoms with Gasteiger partial charge in [0, 0.05) is 17.6 Å². The normalized spacial score (nSPS) is 19.3. The van der Waals surface area contributed by atoms with Crippen molar-refractivity contribution >= 4 is 23.4 Å². The summed E-state index contributed by atoms with van der Waals surface area (Å²) in [5.74, 6) is 0.892. The lowest BCUT2D eigenvalue weighted by Gasteiger charge is -2.01. The second-order valence-corrected chi connectivity index (χ2v) is 5.65. The molecule has 18 heavy (non-hydrogen) atoms. The van der Waals surface area contributed by atoms with Crippen LogP contribution in [-0.2, 0) is 4.74 Å². The minimum Gasteiger partial charge on any atom is -0.465 e. The van der Waals surface area contributed by atoms with Gasteiger partial charge >= 0.3 is 5.97 Å². The Morgan fingerprint density at radius 3 is 3.22 bits per heavy atom. The van der Waals surface area contributed by atoms with Gasteiger partial charge in [-0.2, -0.15) is 11.8 Å². The maximum absolute atomic E-state index is 11.5. The van der Waals surface area contributed by atoms with Crippen LogP contribution in [0.15, 0.2) is 24.5 Å². The molecule has 0 bridgehead atoms. The molecule has 1 aliphatic rings. The van der Waals surface area contributed by atoms with E-state index < -0.39 is 0 Å². The maximum atomic E-state index is 11.5.